The monoisotopic (exact) mass is 576 g/mol. The van der Waals surface area contributed by atoms with Gasteiger partial charge in [0.1, 0.15) is 11.8 Å². The van der Waals surface area contributed by atoms with Gasteiger partial charge in [-0.15, -0.1) is 0 Å². The minimum Gasteiger partial charge on any atom is -0.325 e. The van der Waals surface area contributed by atoms with Gasteiger partial charge in [-0.3, -0.25) is 28.7 Å². The molecule has 2 aliphatic rings. The lowest BCUT2D eigenvalue weighted by Gasteiger charge is -2.30. The average molecular weight is 577 g/mol. The number of halogens is 1. The van der Waals surface area contributed by atoms with E-state index < -0.39 is 17.1 Å². The fourth-order valence-electron chi connectivity index (χ4n) is 5.09. The van der Waals surface area contributed by atoms with Crippen molar-refractivity contribution in [1.29, 1.82) is 0 Å². The number of hydrogen-bond donors (Lipinski definition) is 1. The van der Waals surface area contributed by atoms with Crippen LogP contribution in [0.4, 0.5) is 11.4 Å². The summed E-state index contributed by atoms with van der Waals surface area (Å²) >= 11 is 8.21. The standard InChI is InChI=1S/C28H21ClN4O4S2/c1-15-4-2-6-18(12-15)31-20(34)14-32-27-24(39-28(32)37)21(16-5-3-11-30-13-16)22-23(38-27)26(36)33(25(22)35)19-9-7-17(29)8-10-19/h2-13,21-23H,14H2,1H3,(H,31,34)/t21-,22-,23+/m0/s1. The Bertz CT molecular complexity index is 1670. The molecule has 0 bridgehead atoms. The highest BCUT2D eigenvalue weighted by molar-refractivity contribution is 8.00. The Balaban J connectivity index is 1.40. The lowest BCUT2D eigenvalue weighted by Crippen LogP contribution is -2.33. The first-order chi connectivity index (χ1) is 18.8. The average Bonchev–Trinajstić information content (AvgIpc) is 3.36. The van der Waals surface area contributed by atoms with Crippen LogP contribution in [-0.2, 0) is 20.9 Å². The molecular formula is C28H21ClN4O4S2. The summed E-state index contributed by atoms with van der Waals surface area (Å²) in [6.07, 6.45) is 3.29. The molecule has 0 unspecified atom stereocenters. The highest BCUT2D eigenvalue weighted by Gasteiger charge is 2.56. The third-order valence-corrected chi connectivity index (χ3v) is 9.64. The molecule has 39 heavy (non-hydrogen) atoms. The molecule has 4 aromatic rings. The highest BCUT2D eigenvalue weighted by Crippen LogP contribution is 2.53. The molecule has 1 saturated heterocycles. The van der Waals surface area contributed by atoms with E-state index in [4.69, 9.17) is 11.6 Å². The SMILES string of the molecule is Cc1cccc(NC(=O)Cn2c3c(sc2=O)[C@@H](c2cccnc2)[C@@H]2C(=O)N(c4ccc(Cl)cc4)C(=O)[C@@H]2S3)c1. The van der Waals surface area contributed by atoms with Gasteiger partial charge in [-0.05, 0) is 60.5 Å². The Morgan fingerprint density at radius 1 is 1.05 bits per heavy atom. The van der Waals surface area contributed by atoms with E-state index in [0.717, 1.165) is 22.5 Å². The zero-order valence-electron chi connectivity index (χ0n) is 20.5. The van der Waals surface area contributed by atoms with Gasteiger partial charge in [0.15, 0.2) is 0 Å². The number of imide groups is 1. The molecule has 2 aromatic carbocycles. The molecule has 11 heteroatoms. The van der Waals surface area contributed by atoms with Gasteiger partial charge in [0.2, 0.25) is 17.7 Å². The van der Waals surface area contributed by atoms with Crippen LogP contribution >= 0.6 is 34.7 Å². The fraction of sp³-hybridized carbons (Fsp3) is 0.179. The molecule has 0 saturated carbocycles. The highest BCUT2D eigenvalue weighted by atomic mass is 35.5. The van der Waals surface area contributed by atoms with Crippen LogP contribution in [0.5, 0.6) is 0 Å². The first kappa shape index (κ1) is 25.5. The number of aryl methyl sites for hydroxylation is 1. The molecule has 0 radical (unpaired) electrons. The predicted octanol–water partition coefficient (Wildman–Crippen LogP) is 4.70. The van der Waals surface area contributed by atoms with Crippen molar-refractivity contribution in [3.63, 3.8) is 0 Å². The van der Waals surface area contributed by atoms with Crippen LogP contribution in [0.15, 0.2) is 82.9 Å². The molecule has 3 atom stereocenters. The van der Waals surface area contributed by atoms with Crippen LogP contribution < -0.4 is 15.1 Å². The molecule has 1 N–H and O–H groups in total. The topological polar surface area (TPSA) is 101 Å². The van der Waals surface area contributed by atoms with Crippen molar-refractivity contribution in [2.24, 2.45) is 5.92 Å². The van der Waals surface area contributed by atoms with Crippen molar-refractivity contribution in [2.45, 2.75) is 29.7 Å². The molecule has 8 nitrogen and oxygen atoms in total. The number of thiazole rings is 1. The van der Waals surface area contributed by atoms with E-state index >= 15 is 0 Å². The zero-order valence-corrected chi connectivity index (χ0v) is 22.9. The van der Waals surface area contributed by atoms with Crippen LogP contribution in [0.3, 0.4) is 0 Å². The molecular weight excluding hydrogens is 556 g/mol. The minimum absolute atomic E-state index is 0.216. The number of carbonyl (C=O) groups is 3. The van der Waals surface area contributed by atoms with Gasteiger partial charge in [-0.1, -0.05) is 52.9 Å². The van der Waals surface area contributed by atoms with Crippen molar-refractivity contribution in [2.75, 3.05) is 10.2 Å². The number of fused-ring (bicyclic) bond motifs is 2. The normalized spacial score (nSPS) is 20.1. The summed E-state index contributed by atoms with van der Waals surface area (Å²) in [5.74, 6) is -2.37. The summed E-state index contributed by atoms with van der Waals surface area (Å²) in [6, 6.07) is 17.5. The maximum absolute atomic E-state index is 13.8. The van der Waals surface area contributed by atoms with Crippen LogP contribution in [0.25, 0.3) is 0 Å². The second-order valence-electron chi connectivity index (χ2n) is 9.36. The van der Waals surface area contributed by atoms with Gasteiger partial charge in [-0.2, -0.15) is 0 Å². The number of benzene rings is 2. The summed E-state index contributed by atoms with van der Waals surface area (Å²) in [5.41, 5.74) is 2.79. The first-order valence-corrected chi connectivity index (χ1v) is 14.2. The molecule has 196 valence electrons. The van der Waals surface area contributed by atoms with Gasteiger partial charge in [0.25, 0.3) is 0 Å². The molecule has 4 heterocycles. The number of hydrogen-bond acceptors (Lipinski definition) is 7. The van der Waals surface area contributed by atoms with E-state index in [1.54, 1.807) is 48.8 Å². The second-order valence-corrected chi connectivity index (χ2v) is 11.9. The largest absolute Gasteiger partial charge is 0.325 e. The zero-order chi connectivity index (χ0) is 27.3. The Hall–Kier alpha value is -3.73. The number of carbonyl (C=O) groups excluding carboxylic acids is 3. The number of rotatable bonds is 5. The Morgan fingerprint density at radius 3 is 2.56 bits per heavy atom. The smallest absolute Gasteiger partial charge is 0.308 e. The van der Waals surface area contributed by atoms with E-state index in [0.29, 0.717) is 26.3 Å². The Labute approximate surface area is 236 Å². The van der Waals surface area contributed by atoms with Crippen molar-refractivity contribution in [3.05, 3.63) is 104 Å². The van der Waals surface area contributed by atoms with Crippen molar-refractivity contribution in [3.8, 4) is 0 Å². The van der Waals surface area contributed by atoms with Gasteiger partial charge in [-0.25, -0.2) is 4.90 Å². The van der Waals surface area contributed by atoms with Crippen LogP contribution in [0.2, 0.25) is 5.02 Å². The molecule has 2 aliphatic heterocycles. The van der Waals surface area contributed by atoms with E-state index in [1.165, 1.54) is 21.2 Å². The quantitative estimate of drug-likeness (QED) is 0.346. The number of aromatic nitrogens is 2. The number of pyridine rings is 1. The third kappa shape index (κ3) is 4.58. The summed E-state index contributed by atoms with van der Waals surface area (Å²) in [6.45, 7) is 1.71. The van der Waals surface area contributed by atoms with E-state index in [9.17, 15) is 19.2 Å². The number of nitrogens with zero attached hydrogens (tertiary/aromatic N) is 3. The molecule has 6 rings (SSSR count). The van der Waals surface area contributed by atoms with E-state index in [-0.39, 0.29) is 29.1 Å². The summed E-state index contributed by atoms with van der Waals surface area (Å²) in [4.78, 5) is 59.5. The second kappa shape index (κ2) is 10.1. The Morgan fingerprint density at radius 2 is 1.85 bits per heavy atom. The van der Waals surface area contributed by atoms with Gasteiger partial charge >= 0.3 is 4.87 Å². The molecule has 1 fully saturated rings. The van der Waals surface area contributed by atoms with E-state index in [1.807, 2.05) is 31.2 Å². The number of thioether (sulfide) groups is 1. The van der Waals surface area contributed by atoms with Crippen LogP contribution in [0, 0.1) is 12.8 Å². The summed E-state index contributed by atoms with van der Waals surface area (Å²) < 4.78 is 1.40. The fourth-order valence-corrected chi connectivity index (χ4v) is 7.99. The number of amides is 3. The molecule has 3 amide bonds. The number of nitrogens with one attached hydrogen (secondary N) is 1. The number of anilines is 2. The Kier molecular flexibility index (Phi) is 6.62. The van der Waals surface area contributed by atoms with Gasteiger partial charge < -0.3 is 5.32 Å². The van der Waals surface area contributed by atoms with Crippen molar-refractivity contribution < 1.29 is 14.4 Å². The molecule has 0 aliphatic carbocycles. The summed E-state index contributed by atoms with van der Waals surface area (Å²) in [7, 11) is 0. The van der Waals surface area contributed by atoms with Gasteiger partial charge in [0.05, 0.1) is 16.6 Å². The van der Waals surface area contributed by atoms with Crippen LogP contribution in [-0.4, -0.2) is 32.5 Å². The summed E-state index contributed by atoms with van der Waals surface area (Å²) in [5, 5.41) is 3.09. The van der Waals surface area contributed by atoms with Crippen molar-refractivity contribution >= 4 is 63.8 Å². The van der Waals surface area contributed by atoms with E-state index in [2.05, 4.69) is 10.3 Å². The minimum atomic E-state index is -0.772. The molecule has 0 spiro atoms. The predicted molar refractivity (Wildman–Crippen MR) is 152 cm³/mol. The third-order valence-electron chi connectivity index (χ3n) is 6.78. The lowest BCUT2D eigenvalue weighted by atomic mass is 9.84. The van der Waals surface area contributed by atoms with Crippen LogP contribution in [0.1, 0.15) is 21.9 Å². The van der Waals surface area contributed by atoms with Crippen molar-refractivity contribution in [1.82, 2.24) is 9.55 Å². The maximum atomic E-state index is 13.8. The maximum Gasteiger partial charge on any atom is 0.308 e. The molecule has 2 aromatic heterocycles. The lowest BCUT2D eigenvalue weighted by molar-refractivity contribution is -0.122. The first-order valence-electron chi connectivity index (χ1n) is 12.1. The van der Waals surface area contributed by atoms with Gasteiger partial charge in [0, 0.05) is 33.9 Å².